The van der Waals surface area contributed by atoms with Gasteiger partial charge in [0.1, 0.15) is 5.60 Å². The highest BCUT2D eigenvalue weighted by molar-refractivity contribution is 6.31. The maximum atomic E-state index is 11.7. The van der Waals surface area contributed by atoms with E-state index < -0.39 is 17.7 Å². The van der Waals surface area contributed by atoms with E-state index in [1.165, 1.54) is 0 Å². The van der Waals surface area contributed by atoms with Crippen molar-refractivity contribution in [2.45, 2.75) is 38.7 Å². The highest BCUT2D eigenvalue weighted by atomic mass is 35.5. The zero-order valence-corrected chi connectivity index (χ0v) is 12.9. The Morgan fingerprint density at radius 3 is 2.52 bits per heavy atom. The Balaban J connectivity index is 2.03. The number of carbonyl (C=O) groups excluding carboxylic acids is 1. The van der Waals surface area contributed by atoms with Crippen LogP contribution < -0.4 is 5.32 Å². The summed E-state index contributed by atoms with van der Waals surface area (Å²) in [6.45, 7) is 5.34. The van der Waals surface area contributed by atoms with Crippen LogP contribution in [-0.2, 0) is 9.53 Å². The van der Waals surface area contributed by atoms with Crippen LogP contribution in [0.2, 0.25) is 5.02 Å². The number of hydrogen-bond acceptors (Lipinski definition) is 3. The third-order valence-electron chi connectivity index (χ3n) is 3.15. The van der Waals surface area contributed by atoms with Crippen LogP contribution in [0.5, 0.6) is 0 Å². The fourth-order valence-electron chi connectivity index (χ4n) is 2.14. The smallest absolute Gasteiger partial charge is 0.412 e. The number of anilines is 1. The predicted octanol–water partition coefficient (Wildman–Crippen LogP) is 3.88. The minimum atomic E-state index is -0.799. The summed E-state index contributed by atoms with van der Waals surface area (Å²) in [5.41, 5.74) is 0.751. The zero-order valence-electron chi connectivity index (χ0n) is 12.1. The van der Waals surface area contributed by atoms with E-state index >= 15 is 0 Å². The zero-order chi connectivity index (χ0) is 15.8. The van der Waals surface area contributed by atoms with Gasteiger partial charge in [-0.2, -0.15) is 0 Å². The quantitative estimate of drug-likeness (QED) is 0.888. The third kappa shape index (κ3) is 4.11. The Kier molecular flexibility index (Phi) is 4.14. The van der Waals surface area contributed by atoms with Gasteiger partial charge in [0.15, 0.2) is 0 Å². The molecule has 0 radical (unpaired) electrons. The molecule has 1 fully saturated rings. The first-order valence-electron chi connectivity index (χ1n) is 6.69. The lowest BCUT2D eigenvalue weighted by molar-refractivity contribution is -0.138. The van der Waals surface area contributed by atoms with Gasteiger partial charge in [-0.05, 0) is 50.8 Å². The summed E-state index contributed by atoms with van der Waals surface area (Å²) in [5, 5.41) is 12.0. The highest BCUT2D eigenvalue weighted by Crippen LogP contribution is 2.50. The Morgan fingerprint density at radius 2 is 2.05 bits per heavy atom. The van der Waals surface area contributed by atoms with Gasteiger partial charge >= 0.3 is 12.1 Å². The largest absolute Gasteiger partial charge is 0.481 e. The topological polar surface area (TPSA) is 75.6 Å². The molecule has 1 amide bonds. The molecule has 0 aromatic heterocycles. The number of carbonyl (C=O) groups is 2. The van der Waals surface area contributed by atoms with E-state index in [9.17, 15) is 9.59 Å². The number of carboxylic acid groups (broad SMARTS) is 1. The molecule has 6 heteroatoms. The van der Waals surface area contributed by atoms with Gasteiger partial charge < -0.3 is 9.84 Å². The number of ether oxygens (including phenoxy) is 1. The fraction of sp³-hybridized carbons (Fsp3) is 0.467. The van der Waals surface area contributed by atoms with Crippen LogP contribution in [0.25, 0.3) is 0 Å². The van der Waals surface area contributed by atoms with E-state index in [2.05, 4.69) is 5.32 Å². The molecule has 2 atom stereocenters. The molecular weight excluding hydrogens is 294 g/mol. The summed E-state index contributed by atoms with van der Waals surface area (Å²) < 4.78 is 5.15. The minimum absolute atomic E-state index is 0.0365. The summed E-state index contributed by atoms with van der Waals surface area (Å²) in [6.07, 6.45) is 0.0506. The second-order valence-electron chi connectivity index (χ2n) is 6.15. The molecular formula is C15H18ClNO4. The average molecular weight is 312 g/mol. The van der Waals surface area contributed by atoms with Crippen LogP contribution in [0.4, 0.5) is 10.5 Å². The van der Waals surface area contributed by atoms with Gasteiger partial charge in [0.2, 0.25) is 0 Å². The van der Waals surface area contributed by atoms with Crippen LogP contribution in [0.15, 0.2) is 18.2 Å². The lowest BCUT2D eigenvalue weighted by Crippen LogP contribution is -2.27. The van der Waals surface area contributed by atoms with Crippen molar-refractivity contribution in [3.05, 3.63) is 28.8 Å². The number of carboxylic acids is 1. The van der Waals surface area contributed by atoms with Gasteiger partial charge in [-0.1, -0.05) is 17.7 Å². The molecule has 1 aromatic carbocycles. The van der Waals surface area contributed by atoms with Crippen molar-refractivity contribution in [1.29, 1.82) is 0 Å². The van der Waals surface area contributed by atoms with Crippen molar-refractivity contribution in [3.63, 3.8) is 0 Å². The van der Waals surface area contributed by atoms with E-state index in [0.29, 0.717) is 17.1 Å². The molecule has 1 aliphatic rings. The average Bonchev–Trinajstić information content (AvgIpc) is 3.06. The molecule has 0 aliphatic heterocycles. The molecule has 2 N–H and O–H groups in total. The molecule has 0 bridgehead atoms. The molecule has 0 spiro atoms. The van der Waals surface area contributed by atoms with Gasteiger partial charge in [-0.25, -0.2) is 4.79 Å². The molecule has 0 saturated heterocycles. The first-order chi connectivity index (χ1) is 9.67. The number of aliphatic carboxylic acids is 1. The van der Waals surface area contributed by atoms with Crippen molar-refractivity contribution >= 4 is 29.4 Å². The summed E-state index contributed by atoms with van der Waals surface area (Å²) >= 11 is 6.17. The molecule has 0 heterocycles. The minimum Gasteiger partial charge on any atom is -0.481 e. The Labute approximate surface area is 128 Å². The molecule has 0 unspecified atom stereocenters. The van der Waals surface area contributed by atoms with Crippen molar-refractivity contribution in [1.82, 2.24) is 0 Å². The first kappa shape index (κ1) is 15.6. The van der Waals surface area contributed by atoms with Crippen molar-refractivity contribution in [2.24, 2.45) is 5.92 Å². The van der Waals surface area contributed by atoms with Gasteiger partial charge in [0, 0.05) is 10.7 Å². The summed E-state index contributed by atoms with van der Waals surface area (Å²) in [4.78, 5) is 22.5. The van der Waals surface area contributed by atoms with Crippen LogP contribution in [-0.4, -0.2) is 22.8 Å². The summed E-state index contributed by atoms with van der Waals surface area (Å²) in [6, 6.07) is 5.06. The Morgan fingerprint density at radius 1 is 1.38 bits per heavy atom. The first-order valence-corrected chi connectivity index (χ1v) is 7.07. The normalized spacial score (nSPS) is 20.8. The van der Waals surface area contributed by atoms with E-state index in [1.807, 2.05) is 0 Å². The molecule has 1 aliphatic carbocycles. The summed E-state index contributed by atoms with van der Waals surface area (Å²) in [5.74, 6) is -1.19. The highest BCUT2D eigenvalue weighted by Gasteiger charge is 2.45. The maximum Gasteiger partial charge on any atom is 0.412 e. The molecule has 21 heavy (non-hydrogen) atoms. The SMILES string of the molecule is CC(C)(C)OC(=O)Nc1ccc([C@@H]2C[C@H]2C(=O)O)c(Cl)c1. The molecule has 114 valence electrons. The Hall–Kier alpha value is -1.75. The van der Waals surface area contributed by atoms with E-state index in [0.717, 1.165) is 5.56 Å². The van der Waals surface area contributed by atoms with E-state index in [4.69, 9.17) is 21.4 Å². The monoisotopic (exact) mass is 311 g/mol. The molecule has 2 rings (SSSR count). The lowest BCUT2D eigenvalue weighted by Gasteiger charge is -2.19. The van der Waals surface area contributed by atoms with Crippen LogP contribution in [0.1, 0.15) is 38.7 Å². The third-order valence-corrected chi connectivity index (χ3v) is 3.48. The standard InChI is InChI=1S/C15H18ClNO4/c1-15(2,3)21-14(20)17-8-4-5-9(12(16)6-8)10-7-11(10)13(18)19/h4-6,10-11H,7H2,1-3H3,(H,17,20)(H,18,19)/t10-,11+/m0/s1. The van der Waals surface area contributed by atoms with Crippen LogP contribution in [0, 0.1) is 5.92 Å². The number of amides is 1. The van der Waals surface area contributed by atoms with Gasteiger partial charge in [0.25, 0.3) is 0 Å². The predicted molar refractivity (Wildman–Crippen MR) is 79.8 cm³/mol. The Bertz CT molecular complexity index is 580. The number of hydrogen-bond donors (Lipinski definition) is 2. The van der Waals surface area contributed by atoms with Gasteiger partial charge in [-0.3, -0.25) is 10.1 Å². The maximum absolute atomic E-state index is 11.7. The van der Waals surface area contributed by atoms with Gasteiger partial charge in [-0.15, -0.1) is 0 Å². The lowest BCUT2D eigenvalue weighted by atomic mass is 10.1. The number of rotatable bonds is 3. The molecule has 1 saturated carbocycles. The number of benzene rings is 1. The second-order valence-corrected chi connectivity index (χ2v) is 6.56. The second kappa shape index (κ2) is 5.56. The van der Waals surface area contributed by atoms with Gasteiger partial charge in [0.05, 0.1) is 5.92 Å². The van der Waals surface area contributed by atoms with Crippen LogP contribution >= 0.6 is 11.6 Å². The number of halogens is 1. The number of nitrogens with one attached hydrogen (secondary N) is 1. The van der Waals surface area contributed by atoms with Crippen molar-refractivity contribution in [2.75, 3.05) is 5.32 Å². The fourth-order valence-corrected chi connectivity index (χ4v) is 2.46. The van der Waals surface area contributed by atoms with Crippen molar-refractivity contribution in [3.8, 4) is 0 Å². The van der Waals surface area contributed by atoms with Crippen LogP contribution in [0.3, 0.4) is 0 Å². The van der Waals surface area contributed by atoms with E-state index in [-0.39, 0.29) is 11.8 Å². The molecule has 5 nitrogen and oxygen atoms in total. The van der Waals surface area contributed by atoms with E-state index in [1.54, 1.807) is 39.0 Å². The van der Waals surface area contributed by atoms with Crippen molar-refractivity contribution < 1.29 is 19.4 Å². The molecule has 1 aromatic rings. The summed E-state index contributed by atoms with van der Waals surface area (Å²) in [7, 11) is 0.